The lowest BCUT2D eigenvalue weighted by Gasteiger charge is -2.31. The Morgan fingerprint density at radius 3 is 2.37 bits per heavy atom. The number of hydrogen-bond acceptors (Lipinski definition) is 2. The van der Waals surface area contributed by atoms with Gasteiger partial charge in [-0.3, -0.25) is 4.79 Å². The molecular weight excluding hydrogens is 283 g/mol. The summed E-state index contributed by atoms with van der Waals surface area (Å²) >= 11 is 12.2. The smallest absolute Gasteiger partial charge is 0.227 e. The van der Waals surface area contributed by atoms with Crippen molar-refractivity contribution in [2.75, 3.05) is 19.6 Å². The van der Waals surface area contributed by atoms with Gasteiger partial charge in [0.1, 0.15) is 0 Å². The number of hydrogen-bond donors (Lipinski definition) is 1. The van der Waals surface area contributed by atoms with Crippen molar-refractivity contribution in [1.82, 2.24) is 4.90 Å². The molecule has 0 aromatic heterocycles. The molecule has 1 aliphatic rings. The van der Waals surface area contributed by atoms with Crippen LogP contribution < -0.4 is 5.73 Å². The molecule has 1 heterocycles. The van der Waals surface area contributed by atoms with Crippen LogP contribution in [0.2, 0.25) is 10.0 Å². The molecule has 0 atom stereocenters. The van der Waals surface area contributed by atoms with Gasteiger partial charge in [-0.05, 0) is 43.0 Å². The van der Waals surface area contributed by atoms with Crippen LogP contribution in [-0.4, -0.2) is 30.4 Å². The molecule has 1 aromatic carbocycles. The third-order valence-corrected chi connectivity index (χ3v) is 4.40. The van der Waals surface area contributed by atoms with E-state index in [-0.39, 0.29) is 12.3 Å². The Morgan fingerprint density at radius 2 is 1.84 bits per heavy atom. The lowest BCUT2D eigenvalue weighted by molar-refractivity contribution is -0.131. The molecule has 3 nitrogen and oxygen atoms in total. The Balaban J connectivity index is 1.98. The third kappa shape index (κ3) is 3.62. The van der Waals surface area contributed by atoms with E-state index < -0.39 is 0 Å². The molecule has 0 unspecified atom stereocenters. The van der Waals surface area contributed by atoms with Gasteiger partial charge < -0.3 is 10.6 Å². The zero-order valence-electron chi connectivity index (χ0n) is 10.7. The zero-order chi connectivity index (χ0) is 13.8. The van der Waals surface area contributed by atoms with Gasteiger partial charge in [0.2, 0.25) is 5.91 Å². The molecule has 5 heteroatoms. The van der Waals surface area contributed by atoms with Gasteiger partial charge in [-0.2, -0.15) is 0 Å². The number of carbonyl (C=O) groups excluding carboxylic acids is 1. The summed E-state index contributed by atoms with van der Waals surface area (Å²) in [6, 6.07) is 5.30. The molecule has 2 rings (SSSR count). The normalized spacial score (nSPS) is 16.7. The summed E-state index contributed by atoms with van der Waals surface area (Å²) in [5.74, 6) is 0.637. The summed E-state index contributed by atoms with van der Waals surface area (Å²) in [5.41, 5.74) is 6.37. The number of likely N-dealkylation sites (tertiary alicyclic amines) is 1. The first kappa shape index (κ1) is 14.6. The molecule has 0 saturated carbocycles. The van der Waals surface area contributed by atoms with Crippen molar-refractivity contribution in [3.63, 3.8) is 0 Å². The Labute approximate surface area is 123 Å². The second-order valence-corrected chi connectivity index (χ2v) is 5.75. The molecule has 1 fully saturated rings. The number of amides is 1. The number of nitrogens with zero attached hydrogens (tertiary/aromatic N) is 1. The van der Waals surface area contributed by atoms with Crippen LogP contribution in [0.15, 0.2) is 18.2 Å². The molecule has 0 aliphatic carbocycles. The Morgan fingerprint density at radius 1 is 1.26 bits per heavy atom. The maximum atomic E-state index is 12.2. The van der Waals surface area contributed by atoms with Crippen molar-refractivity contribution in [2.45, 2.75) is 19.3 Å². The number of halogens is 2. The van der Waals surface area contributed by atoms with Crippen LogP contribution in [0.4, 0.5) is 0 Å². The quantitative estimate of drug-likeness (QED) is 0.933. The molecule has 1 amide bonds. The first-order valence-corrected chi connectivity index (χ1v) is 7.28. The fourth-order valence-corrected chi connectivity index (χ4v) is 2.91. The van der Waals surface area contributed by atoms with Crippen molar-refractivity contribution in [2.24, 2.45) is 11.7 Å². The minimum absolute atomic E-state index is 0.0884. The Kier molecular flexibility index (Phi) is 5.08. The van der Waals surface area contributed by atoms with E-state index in [1.807, 2.05) is 4.90 Å². The van der Waals surface area contributed by atoms with E-state index in [2.05, 4.69) is 0 Å². The van der Waals surface area contributed by atoms with E-state index in [1.54, 1.807) is 18.2 Å². The molecule has 2 N–H and O–H groups in total. The van der Waals surface area contributed by atoms with Crippen molar-refractivity contribution in [1.29, 1.82) is 0 Å². The van der Waals surface area contributed by atoms with Crippen molar-refractivity contribution in [3.05, 3.63) is 33.8 Å². The number of carbonyl (C=O) groups is 1. The van der Waals surface area contributed by atoms with E-state index in [9.17, 15) is 4.79 Å². The Bertz CT molecular complexity index is 437. The summed E-state index contributed by atoms with van der Waals surface area (Å²) in [5, 5.41) is 1.11. The molecule has 19 heavy (non-hydrogen) atoms. The third-order valence-electron chi connectivity index (χ3n) is 3.69. The van der Waals surface area contributed by atoms with Crippen LogP contribution in [-0.2, 0) is 11.2 Å². The fraction of sp³-hybridized carbons (Fsp3) is 0.500. The largest absolute Gasteiger partial charge is 0.342 e. The van der Waals surface area contributed by atoms with Gasteiger partial charge in [0.25, 0.3) is 0 Å². The summed E-state index contributed by atoms with van der Waals surface area (Å²) in [4.78, 5) is 14.1. The molecule has 0 spiro atoms. The van der Waals surface area contributed by atoms with Gasteiger partial charge in [0, 0.05) is 23.1 Å². The molecule has 104 valence electrons. The number of nitrogens with two attached hydrogens (primary N) is 1. The predicted octanol–water partition coefficient (Wildman–Crippen LogP) is 2.73. The summed E-state index contributed by atoms with van der Waals surface area (Å²) < 4.78 is 0. The van der Waals surface area contributed by atoms with Crippen LogP contribution in [0.5, 0.6) is 0 Å². The summed E-state index contributed by atoms with van der Waals surface area (Å²) in [6.07, 6.45) is 2.24. The average Bonchev–Trinajstić information content (AvgIpc) is 2.43. The minimum Gasteiger partial charge on any atom is -0.342 e. The van der Waals surface area contributed by atoms with E-state index in [0.717, 1.165) is 31.5 Å². The van der Waals surface area contributed by atoms with Gasteiger partial charge in [0.15, 0.2) is 0 Å². The SMILES string of the molecule is NCC1CCN(C(=O)Cc2c(Cl)cccc2Cl)CC1. The average molecular weight is 301 g/mol. The standard InChI is InChI=1S/C14H18Cl2N2O/c15-12-2-1-3-13(16)11(12)8-14(19)18-6-4-10(9-17)5-7-18/h1-3,10H,4-9,17H2. The van der Waals surface area contributed by atoms with Crippen molar-refractivity contribution < 1.29 is 4.79 Å². The van der Waals surface area contributed by atoms with E-state index >= 15 is 0 Å². The maximum Gasteiger partial charge on any atom is 0.227 e. The lowest BCUT2D eigenvalue weighted by Crippen LogP contribution is -2.40. The molecule has 1 saturated heterocycles. The highest BCUT2D eigenvalue weighted by Gasteiger charge is 2.23. The highest BCUT2D eigenvalue weighted by Crippen LogP contribution is 2.26. The number of benzene rings is 1. The molecule has 0 radical (unpaired) electrons. The second-order valence-electron chi connectivity index (χ2n) is 4.94. The van der Waals surface area contributed by atoms with E-state index in [1.165, 1.54) is 0 Å². The van der Waals surface area contributed by atoms with Crippen LogP contribution in [0.25, 0.3) is 0 Å². The first-order chi connectivity index (χ1) is 9.11. The fourth-order valence-electron chi connectivity index (χ4n) is 2.38. The van der Waals surface area contributed by atoms with Crippen LogP contribution in [0.1, 0.15) is 18.4 Å². The van der Waals surface area contributed by atoms with Gasteiger partial charge in [-0.15, -0.1) is 0 Å². The van der Waals surface area contributed by atoms with Gasteiger partial charge >= 0.3 is 0 Å². The number of rotatable bonds is 3. The second kappa shape index (κ2) is 6.60. The summed E-state index contributed by atoms with van der Waals surface area (Å²) in [6.45, 7) is 2.27. The first-order valence-electron chi connectivity index (χ1n) is 6.52. The van der Waals surface area contributed by atoms with Gasteiger partial charge in [-0.25, -0.2) is 0 Å². The van der Waals surface area contributed by atoms with E-state index in [4.69, 9.17) is 28.9 Å². The molecule has 1 aliphatic heterocycles. The molecule has 0 bridgehead atoms. The predicted molar refractivity (Wildman–Crippen MR) is 78.5 cm³/mol. The van der Waals surface area contributed by atoms with Gasteiger partial charge in [0.05, 0.1) is 6.42 Å². The van der Waals surface area contributed by atoms with Crippen molar-refractivity contribution >= 4 is 29.1 Å². The molecule has 1 aromatic rings. The van der Waals surface area contributed by atoms with Crippen LogP contribution >= 0.6 is 23.2 Å². The Hall–Kier alpha value is -0.770. The monoisotopic (exact) mass is 300 g/mol. The maximum absolute atomic E-state index is 12.2. The zero-order valence-corrected chi connectivity index (χ0v) is 12.3. The highest BCUT2D eigenvalue weighted by atomic mass is 35.5. The van der Waals surface area contributed by atoms with E-state index in [0.29, 0.717) is 22.5 Å². The van der Waals surface area contributed by atoms with Crippen molar-refractivity contribution in [3.8, 4) is 0 Å². The lowest BCUT2D eigenvalue weighted by atomic mass is 9.96. The van der Waals surface area contributed by atoms with Crippen LogP contribution in [0.3, 0.4) is 0 Å². The molecular formula is C14H18Cl2N2O. The van der Waals surface area contributed by atoms with Crippen LogP contribution in [0, 0.1) is 5.92 Å². The highest BCUT2D eigenvalue weighted by molar-refractivity contribution is 6.36. The summed E-state index contributed by atoms with van der Waals surface area (Å²) in [7, 11) is 0. The minimum atomic E-state index is 0.0884. The number of piperidine rings is 1. The van der Waals surface area contributed by atoms with Gasteiger partial charge in [-0.1, -0.05) is 29.3 Å². The topological polar surface area (TPSA) is 46.3 Å².